The molecule has 1 atom stereocenters. The Morgan fingerprint density at radius 2 is 2.08 bits per heavy atom. The zero-order valence-electron chi connectivity index (χ0n) is 7.89. The van der Waals surface area contributed by atoms with Gasteiger partial charge in [-0.1, -0.05) is 48.9 Å². The monoisotopic (exact) mass is 229 g/mol. The van der Waals surface area contributed by atoms with Crippen LogP contribution in [0.5, 0.6) is 0 Å². The van der Waals surface area contributed by atoms with Crippen LogP contribution in [0.3, 0.4) is 0 Å². The quantitative estimate of drug-likeness (QED) is 0.680. The summed E-state index contributed by atoms with van der Waals surface area (Å²) in [5, 5.41) is 0. The largest absolute Gasteiger partial charge is 0.324 e. The van der Waals surface area contributed by atoms with Crippen molar-refractivity contribution < 1.29 is 0 Å². The molecule has 68 valence electrons. The second-order valence-electron chi connectivity index (χ2n) is 4.30. The molecule has 1 nitrogen and oxygen atoms in total. The molecule has 1 aliphatic rings. The maximum absolute atomic E-state index is 5.78. The Bertz CT molecular complexity index is 233. The van der Waals surface area contributed by atoms with Crippen LogP contribution in [0.15, 0.2) is 22.2 Å². The van der Waals surface area contributed by atoms with Gasteiger partial charge in [0.25, 0.3) is 0 Å². The van der Waals surface area contributed by atoms with E-state index in [0.717, 1.165) is 6.42 Å². The second kappa shape index (κ2) is 3.35. The molecule has 0 fully saturated rings. The minimum absolute atomic E-state index is 0.186. The first kappa shape index (κ1) is 10.0. The molecule has 0 aromatic rings. The van der Waals surface area contributed by atoms with Crippen molar-refractivity contribution in [2.45, 2.75) is 33.2 Å². The molecule has 1 rings (SSSR count). The summed E-state index contributed by atoms with van der Waals surface area (Å²) in [5.41, 5.74) is 7.36. The van der Waals surface area contributed by atoms with Crippen molar-refractivity contribution in [2.24, 2.45) is 11.1 Å². The van der Waals surface area contributed by atoms with E-state index in [0.29, 0.717) is 0 Å². The first-order chi connectivity index (χ1) is 5.41. The summed E-state index contributed by atoms with van der Waals surface area (Å²) in [6, 6.07) is 0.186. The third kappa shape index (κ3) is 2.20. The van der Waals surface area contributed by atoms with Crippen molar-refractivity contribution >= 4 is 15.9 Å². The van der Waals surface area contributed by atoms with Crippen LogP contribution in [0, 0.1) is 5.41 Å². The molecule has 0 saturated carbocycles. The van der Waals surface area contributed by atoms with Gasteiger partial charge in [0.1, 0.15) is 0 Å². The Morgan fingerprint density at radius 3 is 2.50 bits per heavy atom. The molecule has 0 bridgehead atoms. The Hall–Kier alpha value is -0.0800. The summed E-state index contributed by atoms with van der Waals surface area (Å²) in [4.78, 5) is 0. The number of allylic oxidation sites excluding steroid dienone is 2. The van der Waals surface area contributed by atoms with Crippen LogP contribution < -0.4 is 5.73 Å². The molecule has 1 aliphatic carbocycles. The van der Waals surface area contributed by atoms with Crippen LogP contribution in [-0.4, -0.2) is 6.04 Å². The molecular weight excluding hydrogens is 214 g/mol. The molecule has 0 amide bonds. The number of hydrogen-bond donors (Lipinski definition) is 1. The second-order valence-corrected chi connectivity index (χ2v) is 5.25. The van der Waals surface area contributed by atoms with E-state index in [1.54, 1.807) is 0 Å². The summed E-state index contributed by atoms with van der Waals surface area (Å²) >= 11 is 3.58. The van der Waals surface area contributed by atoms with Gasteiger partial charge < -0.3 is 5.73 Å². The lowest BCUT2D eigenvalue weighted by Gasteiger charge is -2.26. The summed E-state index contributed by atoms with van der Waals surface area (Å²) in [5.74, 6) is 0. The number of nitrogens with two attached hydrogens (primary N) is 1. The maximum Gasteiger partial charge on any atom is 0.0273 e. The van der Waals surface area contributed by atoms with E-state index in [-0.39, 0.29) is 11.5 Å². The third-order valence-corrected chi connectivity index (χ3v) is 2.78. The summed E-state index contributed by atoms with van der Waals surface area (Å²) in [7, 11) is 0. The van der Waals surface area contributed by atoms with Crippen LogP contribution in [-0.2, 0) is 0 Å². The summed E-state index contributed by atoms with van der Waals surface area (Å²) in [6.07, 6.45) is 5.15. The topological polar surface area (TPSA) is 26.0 Å². The van der Waals surface area contributed by atoms with Gasteiger partial charge in [-0.25, -0.2) is 0 Å². The van der Waals surface area contributed by atoms with Crippen LogP contribution >= 0.6 is 15.9 Å². The van der Waals surface area contributed by atoms with Crippen LogP contribution in [0.1, 0.15) is 27.2 Å². The Balaban J connectivity index is 2.92. The Kier molecular flexibility index (Phi) is 2.79. The molecule has 0 aliphatic heterocycles. The molecule has 1 unspecified atom stereocenters. The minimum Gasteiger partial charge on any atom is -0.324 e. The van der Waals surface area contributed by atoms with Gasteiger partial charge in [0, 0.05) is 10.5 Å². The van der Waals surface area contributed by atoms with Gasteiger partial charge in [0.2, 0.25) is 0 Å². The fraction of sp³-hybridized carbons (Fsp3) is 0.600. The van der Waals surface area contributed by atoms with Gasteiger partial charge >= 0.3 is 0 Å². The fourth-order valence-corrected chi connectivity index (χ4v) is 2.45. The van der Waals surface area contributed by atoms with E-state index in [9.17, 15) is 0 Å². The molecule has 0 heterocycles. The van der Waals surface area contributed by atoms with E-state index in [4.69, 9.17) is 5.73 Å². The molecule has 2 N–H and O–H groups in total. The van der Waals surface area contributed by atoms with E-state index < -0.39 is 0 Å². The van der Waals surface area contributed by atoms with E-state index >= 15 is 0 Å². The third-order valence-electron chi connectivity index (χ3n) is 2.03. The van der Waals surface area contributed by atoms with Crippen molar-refractivity contribution in [1.29, 1.82) is 0 Å². The molecule has 0 spiro atoms. The number of hydrogen-bond acceptors (Lipinski definition) is 1. The van der Waals surface area contributed by atoms with Gasteiger partial charge in [0.15, 0.2) is 0 Å². The lowest BCUT2D eigenvalue weighted by molar-refractivity contribution is 0.509. The first-order valence-corrected chi connectivity index (χ1v) is 5.03. The van der Waals surface area contributed by atoms with E-state index in [1.165, 1.54) is 10.1 Å². The molecule has 12 heavy (non-hydrogen) atoms. The average Bonchev–Trinajstić information content (AvgIpc) is 1.83. The molecule has 2 heteroatoms. The molecule has 0 aromatic heterocycles. The van der Waals surface area contributed by atoms with Crippen LogP contribution in [0.2, 0.25) is 0 Å². The van der Waals surface area contributed by atoms with Gasteiger partial charge in [-0.2, -0.15) is 0 Å². The first-order valence-electron chi connectivity index (χ1n) is 4.24. The van der Waals surface area contributed by atoms with E-state index in [2.05, 4.69) is 48.9 Å². The van der Waals surface area contributed by atoms with Crippen molar-refractivity contribution in [1.82, 2.24) is 0 Å². The van der Waals surface area contributed by atoms with Gasteiger partial charge in [0.05, 0.1) is 0 Å². The minimum atomic E-state index is 0.186. The highest BCUT2D eigenvalue weighted by molar-refractivity contribution is 9.11. The maximum atomic E-state index is 5.78. The average molecular weight is 230 g/mol. The lowest BCUT2D eigenvalue weighted by Crippen LogP contribution is -2.22. The van der Waals surface area contributed by atoms with Gasteiger partial charge in [-0.15, -0.1) is 0 Å². The highest BCUT2D eigenvalue weighted by atomic mass is 79.9. The highest BCUT2D eigenvalue weighted by Gasteiger charge is 2.21. The predicted octanol–water partition coefficient (Wildman–Crippen LogP) is 2.97. The SMILES string of the molecule is CC(C)(C)C1=C(Br)CC(N)C=C1. The van der Waals surface area contributed by atoms with Gasteiger partial charge in [-0.3, -0.25) is 0 Å². The molecule has 0 radical (unpaired) electrons. The predicted molar refractivity (Wildman–Crippen MR) is 57.1 cm³/mol. The summed E-state index contributed by atoms with van der Waals surface area (Å²) in [6.45, 7) is 6.64. The molecule has 0 aromatic carbocycles. The van der Waals surface area contributed by atoms with Crippen LogP contribution in [0.4, 0.5) is 0 Å². The van der Waals surface area contributed by atoms with E-state index in [1.807, 2.05) is 0 Å². The van der Waals surface area contributed by atoms with Crippen molar-refractivity contribution in [2.75, 3.05) is 0 Å². The zero-order chi connectivity index (χ0) is 9.35. The van der Waals surface area contributed by atoms with Crippen molar-refractivity contribution in [3.05, 3.63) is 22.2 Å². The summed E-state index contributed by atoms with van der Waals surface area (Å²) < 4.78 is 1.25. The van der Waals surface area contributed by atoms with Crippen molar-refractivity contribution in [3.8, 4) is 0 Å². The smallest absolute Gasteiger partial charge is 0.0273 e. The highest BCUT2D eigenvalue weighted by Crippen LogP contribution is 2.35. The number of rotatable bonds is 0. The van der Waals surface area contributed by atoms with Crippen molar-refractivity contribution in [3.63, 3.8) is 0 Å². The molecule has 0 saturated heterocycles. The lowest BCUT2D eigenvalue weighted by atomic mass is 9.83. The zero-order valence-corrected chi connectivity index (χ0v) is 9.48. The Morgan fingerprint density at radius 1 is 1.50 bits per heavy atom. The Labute approximate surface area is 82.8 Å². The molecular formula is C10H16BrN. The normalized spacial score (nSPS) is 24.9. The van der Waals surface area contributed by atoms with Crippen LogP contribution in [0.25, 0.3) is 0 Å². The number of halogens is 1. The van der Waals surface area contributed by atoms with Gasteiger partial charge in [-0.05, 0) is 17.4 Å². The standard InChI is InChI=1S/C10H16BrN/c1-10(2,3)8-5-4-7(12)6-9(8)11/h4-5,7H,6,12H2,1-3H3. The fourth-order valence-electron chi connectivity index (χ4n) is 1.35.